The lowest BCUT2D eigenvalue weighted by molar-refractivity contribution is -0.122. The Bertz CT molecular complexity index is 833. The van der Waals surface area contributed by atoms with Gasteiger partial charge < -0.3 is 9.64 Å². The van der Waals surface area contributed by atoms with Gasteiger partial charge in [-0.05, 0) is 32.0 Å². The number of rotatable bonds is 2. The van der Waals surface area contributed by atoms with Gasteiger partial charge in [-0.1, -0.05) is 46.7 Å². The highest BCUT2D eigenvalue weighted by Crippen LogP contribution is 2.53. The fraction of sp³-hybridized carbons (Fsp3) is 0.412. The van der Waals surface area contributed by atoms with Crippen LogP contribution in [0.5, 0.6) is 5.75 Å². The Morgan fingerprint density at radius 2 is 2.00 bits per heavy atom. The highest BCUT2D eigenvalue weighted by molar-refractivity contribution is 7.80. The van der Waals surface area contributed by atoms with Crippen molar-refractivity contribution < 1.29 is 9.53 Å². The van der Waals surface area contributed by atoms with Crippen LogP contribution in [-0.2, 0) is 10.3 Å². The Morgan fingerprint density at radius 3 is 2.61 bits per heavy atom. The first kappa shape index (κ1) is 16.6. The van der Waals surface area contributed by atoms with Gasteiger partial charge in [0.05, 0.1) is 23.2 Å². The fourth-order valence-corrected chi connectivity index (χ4v) is 6.27. The van der Waals surface area contributed by atoms with Crippen LogP contribution in [0.1, 0.15) is 32.6 Å². The van der Waals surface area contributed by atoms with E-state index >= 15 is 0 Å². The first-order chi connectivity index (χ1) is 10.8. The van der Waals surface area contributed by atoms with Crippen molar-refractivity contribution in [1.82, 2.24) is 0 Å². The molecule has 122 valence electrons. The highest BCUT2D eigenvalue weighted by atomic mass is 32.9. The zero-order chi connectivity index (χ0) is 16.9. The van der Waals surface area contributed by atoms with E-state index in [1.54, 1.807) is 27.8 Å². The van der Waals surface area contributed by atoms with Crippen molar-refractivity contribution in [2.45, 2.75) is 33.2 Å². The molecule has 2 aromatic rings. The van der Waals surface area contributed by atoms with E-state index in [1.165, 1.54) is 0 Å². The molecule has 1 aromatic heterocycles. The predicted molar refractivity (Wildman–Crippen MR) is 100 cm³/mol. The second-order valence-corrected chi connectivity index (χ2v) is 9.25. The average Bonchev–Trinajstić information content (AvgIpc) is 2.89. The van der Waals surface area contributed by atoms with Crippen LogP contribution < -0.4 is 9.64 Å². The zero-order valence-electron chi connectivity index (χ0n) is 13.8. The number of hydrogen-bond acceptors (Lipinski definition) is 5. The van der Waals surface area contributed by atoms with Crippen molar-refractivity contribution in [3.63, 3.8) is 0 Å². The Balaban J connectivity index is 2.35. The Hall–Kier alpha value is -1.24. The van der Waals surface area contributed by atoms with Crippen LogP contribution >= 0.6 is 32.9 Å². The third-order valence-electron chi connectivity index (χ3n) is 4.17. The van der Waals surface area contributed by atoms with Gasteiger partial charge in [-0.2, -0.15) is 0 Å². The molecule has 0 fully saturated rings. The van der Waals surface area contributed by atoms with Gasteiger partial charge in [-0.3, -0.25) is 4.79 Å². The van der Waals surface area contributed by atoms with Crippen LogP contribution in [0, 0.1) is 9.74 Å². The molecule has 1 amide bonds. The van der Waals surface area contributed by atoms with E-state index in [1.807, 2.05) is 36.9 Å². The quantitative estimate of drug-likeness (QED) is 0.523. The molecule has 1 aliphatic heterocycles. The molecule has 0 saturated carbocycles. The Labute approximate surface area is 148 Å². The molecule has 0 radical (unpaired) electrons. The number of benzene rings is 1. The lowest BCUT2D eigenvalue weighted by Crippen LogP contribution is -2.49. The first-order valence-corrected chi connectivity index (χ1v) is 10.0. The normalized spacial score (nSPS) is 15.3. The predicted octanol–water partition coefficient (Wildman–Crippen LogP) is 5.45. The highest BCUT2D eigenvalue weighted by Gasteiger charge is 2.43. The SMILES string of the molecule is COc1ccc2c(c1)-c1c(ssc1=S)C(C)(C)N2C(=O)C(C)C. The number of fused-ring (bicyclic) bond motifs is 3. The summed E-state index contributed by atoms with van der Waals surface area (Å²) in [6.45, 7) is 8.06. The molecule has 0 aliphatic carbocycles. The van der Waals surface area contributed by atoms with Gasteiger partial charge >= 0.3 is 0 Å². The largest absolute Gasteiger partial charge is 0.497 e. The second kappa shape index (κ2) is 5.69. The maximum Gasteiger partial charge on any atom is 0.230 e. The standard InChI is InChI=1S/C17H19NO2S3/c1-9(2)15(19)18-12-7-6-10(20-5)8-11(12)13-14(17(18,3)4)22-23-16(13)21/h6-9H,1-5H3. The van der Waals surface area contributed by atoms with Crippen molar-refractivity contribution in [1.29, 1.82) is 0 Å². The molecule has 3 nitrogen and oxygen atoms in total. The van der Waals surface area contributed by atoms with E-state index < -0.39 is 5.54 Å². The minimum atomic E-state index is -0.406. The Kier molecular flexibility index (Phi) is 4.11. The van der Waals surface area contributed by atoms with E-state index in [2.05, 4.69) is 13.8 Å². The molecule has 6 heteroatoms. The number of hydrogen-bond donors (Lipinski definition) is 0. The number of nitrogens with zero attached hydrogens (tertiary/aromatic N) is 1. The van der Waals surface area contributed by atoms with E-state index in [0.29, 0.717) is 0 Å². The Morgan fingerprint density at radius 1 is 1.30 bits per heavy atom. The van der Waals surface area contributed by atoms with E-state index in [4.69, 9.17) is 17.0 Å². The molecule has 0 bridgehead atoms. The summed E-state index contributed by atoms with van der Waals surface area (Å²) < 4.78 is 6.26. The summed E-state index contributed by atoms with van der Waals surface area (Å²) in [6, 6.07) is 5.86. The maximum atomic E-state index is 12.9. The maximum absolute atomic E-state index is 12.9. The number of anilines is 1. The van der Waals surface area contributed by atoms with Crippen LogP contribution in [0.15, 0.2) is 18.2 Å². The average molecular weight is 366 g/mol. The third-order valence-corrected chi connectivity index (χ3v) is 7.50. The van der Waals surface area contributed by atoms with Crippen molar-refractivity contribution in [2.75, 3.05) is 12.0 Å². The molecule has 2 heterocycles. The zero-order valence-corrected chi connectivity index (χ0v) is 16.2. The van der Waals surface area contributed by atoms with E-state index in [-0.39, 0.29) is 11.8 Å². The van der Waals surface area contributed by atoms with Gasteiger partial charge in [0, 0.05) is 17.0 Å². The van der Waals surface area contributed by atoms with Crippen LogP contribution in [-0.4, -0.2) is 13.0 Å². The molecular weight excluding hydrogens is 346 g/mol. The van der Waals surface area contributed by atoms with E-state index in [9.17, 15) is 4.79 Å². The fourth-order valence-electron chi connectivity index (χ4n) is 2.99. The van der Waals surface area contributed by atoms with Crippen molar-refractivity contribution in [3.05, 3.63) is 26.9 Å². The number of amides is 1. The summed E-state index contributed by atoms with van der Waals surface area (Å²) in [4.78, 5) is 16.0. The molecule has 0 N–H and O–H groups in total. The summed E-state index contributed by atoms with van der Waals surface area (Å²) in [5.74, 6) is 0.825. The molecular formula is C17H19NO2S3. The van der Waals surface area contributed by atoms with Crippen molar-refractivity contribution in [3.8, 4) is 16.9 Å². The van der Waals surface area contributed by atoms with Crippen molar-refractivity contribution in [2.24, 2.45) is 5.92 Å². The number of carbonyl (C=O) groups is 1. The summed E-state index contributed by atoms with van der Waals surface area (Å²) in [5, 5.41) is 0. The van der Waals surface area contributed by atoms with Crippen LogP contribution in [0.25, 0.3) is 11.1 Å². The summed E-state index contributed by atoms with van der Waals surface area (Å²) in [7, 11) is 4.92. The van der Waals surface area contributed by atoms with Gasteiger partial charge in [-0.15, -0.1) is 0 Å². The summed E-state index contributed by atoms with van der Waals surface area (Å²) in [6.07, 6.45) is 0. The number of ether oxygens (including phenoxy) is 1. The lowest BCUT2D eigenvalue weighted by atomic mass is 9.86. The van der Waals surface area contributed by atoms with Gasteiger partial charge in [0.2, 0.25) is 5.91 Å². The van der Waals surface area contributed by atoms with E-state index in [0.717, 1.165) is 31.3 Å². The first-order valence-electron chi connectivity index (χ1n) is 7.45. The van der Waals surface area contributed by atoms with Crippen LogP contribution in [0.2, 0.25) is 0 Å². The molecule has 1 aromatic carbocycles. The van der Waals surface area contributed by atoms with Gasteiger partial charge in [-0.25, -0.2) is 0 Å². The third kappa shape index (κ3) is 2.44. The summed E-state index contributed by atoms with van der Waals surface area (Å²) in [5.41, 5.74) is 2.59. The smallest absolute Gasteiger partial charge is 0.230 e. The second-order valence-electron chi connectivity index (χ2n) is 6.43. The van der Waals surface area contributed by atoms with Gasteiger partial charge in [0.25, 0.3) is 0 Å². The number of carbonyl (C=O) groups excluding carboxylic acids is 1. The lowest BCUT2D eigenvalue weighted by Gasteiger charge is -2.43. The molecule has 23 heavy (non-hydrogen) atoms. The molecule has 0 spiro atoms. The molecule has 0 atom stereocenters. The van der Waals surface area contributed by atoms with Gasteiger partial charge in [0.1, 0.15) is 9.57 Å². The van der Waals surface area contributed by atoms with Crippen LogP contribution in [0.3, 0.4) is 0 Å². The molecule has 0 saturated heterocycles. The molecule has 1 aliphatic rings. The monoisotopic (exact) mass is 365 g/mol. The minimum Gasteiger partial charge on any atom is -0.497 e. The van der Waals surface area contributed by atoms with Gasteiger partial charge in [0.15, 0.2) is 0 Å². The van der Waals surface area contributed by atoms with Crippen molar-refractivity contribution >= 4 is 44.5 Å². The molecule has 0 unspecified atom stereocenters. The van der Waals surface area contributed by atoms with Crippen LogP contribution in [0.4, 0.5) is 5.69 Å². The molecule has 3 rings (SSSR count). The number of methoxy groups -OCH3 is 1. The topological polar surface area (TPSA) is 29.5 Å². The minimum absolute atomic E-state index is 0.0719. The summed E-state index contributed by atoms with van der Waals surface area (Å²) >= 11 is 5.57.